The third-order valence-electron chi connectivity index (χ3n) is 4.54. The Morgan fingerprint density at radius 2 is 1.91 bits per heavy atom. The molecule has 0 fully saturated rings. The molecule has 4 aromatic rings. The van der Waals surface area contributed by atoms with Crippen LogP contribution in [0, 0.1) is 5.82 Å². The van der Waals surface area contributed by atoms with Gasteiger partial charge in [-0.25, -0.2) is 14.2 Å². The van der Waals surface area contributed by atoms with Gasteiger partial charge in [-0.05, 0) is 66.5 Å². The highest BCUT2D eigenvalue weighted by molar-refractivity contribution is 9.10. The third-order valence-corrected chi connectivity index (χ3v) is 5.10. The molecule has 0 unspecified atom stereocenters. The van der Waals surface area contributed by atoms with Gasteiger partial charge in [0.15, 0.2) is 5.65 Å². The first-order chi connectivity index (χ1) is 15.2. The Morgan fingerprint density at radius 3 is 2.59 bits per heavy atom. The molecule has 7 nitrogen and oxygen atoms in total. The Kier molecular flexibility index (Phi) is 5.92. The Balaban J connectivity index is 1.91. The van der Waals surface area contributed by atoms with Gasteiger partial charge in [0.25, 0.3) is 0 Å². The van der Waals surface area contributed by atoms with Crippen molar-refractivity contribution < 1.29 is 13.9 Å². The molecule has 3 aromatic heterocycles. The highest BCUT2D eigenvalue weighted by Gasteiger charge is 2.27. The van der Waals surface area contributed by atoms with Gasteiger partial charge in [0.1, 0.15) is 17.2 Å². The van der Waals surface area contributed by atoms with Crippen LogP contribution in [0.4, 0.5) is 15.0 Å². The number of carbonyl (C=O) groups excluding carboxylic acids is 1. The van der Waals surface area contributed by atoms with Crippen molar-refractivity contribution in [2.45, 2.75) is 32.9 Å². The summed E-state index contributed by atoms with van der Waals surface area (Å²) in [6.45, 7) is 5.59. The normalized spacial score (nSPS) is 11.5. The smallest absolute Gasteiger partial charge is 0.416 e. The number of fused-ring (bicyclic) bond motifs is 1. The van der Waals surface area contributed by atoms with Gasteiger partial charge in [0, 0.05) is 24.0 Å². The average Bonchev–Trinajstić information content (AvgIpc) is 3.12. The quantitative estimate of drug-likeness (QED) is 0.365. The molecule has 0 saturated carbocycles. The molecule has 0 bridgehead atoms. The number of anilines is 1. The molecule has 0 atom stereocenters. The van der Waals surface area contributed by atoms with E-state index in [4.69, 9.17) is 4.74 Å². The molecule has 3 heterocycles. The van der Waals surface area contributed by atoms with Gasteiger partial charge in [-0.2, -0.15) is 9.61 Å². The summed E-state index contributed by atoms with van der Waals surface area (Å²) in [6, 6.07) is 11.6. The Bertz CT molecular complexity index is 1270. The Labute approximate surface area is 193 Å². The summed E-state index contributed by atoms with van der Waals surface area (Å²) < 4.78 is 22.4. The van der Waals surface area contributed by atoms with Gasteiger partial charge < -0.3 is 4.74 Å². The Hall–Kier alpha value is -3.33. The minimum atomic E-state index is -0.710. The van der Waals surface area contributed by atoms with Crippen molar-refractivity contribution in [1.29, 1.82) is 0 Å². The fourth-order valence-electron chi connectivity index (χ4n) is 3.15. The molecule has 0 spiro atoms. The van der Waals surface area contributed by atoms with E-state index in [0.29, 0.717) is 27.2 Å². The summed E-state index contributed by atoms with van der Waals surface area (Å²) in [4.78, 5) is 23.3. The van der Waals surface area contributed by atoms with E-state index in [-0.39, 0.29) is 6.54 Å². The van der Waals surface area contributed by atoms with Crippen LogP contribution in [0.15, 0.2) is 65.5 Å². The minimum absolute atomic E-state index is 0.199. The predicted octanol–water partition coefficient (Wildman–Crippen LogP) is 5.63. The third kappa shape index (κ3) is 4.62. The lowest BCUT2D eigenvalue weighted by molar-refractivity contribution is 0.0575. The number of pyridine rings is 1. The van der Waals surface area contributed by atoms with Crippen molar-refractivity contribution in [3.63, 3.8) is 0 Å². The summed E-state index contributed by atoms with van der Waals surface area (Å²) in [7, 11) is 0. The number of amides is 1. The van der Waals surface area contributed by atoms with E-state index in [0.717, 1.165) is 5.56 Å². The van der Waals surface area contributed by atoms with Crippen LogP contribution in [0.1, 0.15) is 26.3 Å². The highest BCUT2D eigenvalue weighted by Crippen LogP contribution is 2.30. The fraction of sp³-hybridized carbons (Fsp3) is 0.217. The van der Waals surface area contributed by atoms with Crippen LogP contribution < -0.4 is 4.90 Å². The summed E-state index contributed by atoms with van der Waals surface area (Å²) >= 11 is 3.45. The number of halogens is 2. The molecular formula is C23H21BrFN5O2. The zero-order valence-electron chi connectivity index (χ0n) is 17.8. The Morgan fingerprint density at radius 1 is 1.19 bits per heavy atom. The minimum Gasteiger partial charge on any atom is -0.443 e. The van der Waals surface area contributed by atoms with E-state index in [1.165, 1.54) is 15.5 Å². The molecule has 0 radical (unpaired) electrons. The van der Waals surface area contributed by atoms with Gasteiger partial charge >= 0.3 is 6.09 Å². The van der Waals surface area contributed by atoms with Crippen LogP contribution in [0.3, 0.4) is 0 Å². The topological polar surface area (TPSA) is 72.6 Å². The van der Waals surface area contributed by atoms with E-state index in [1.54, 1.807) is 63.6 Å². The number of hydrogen-bond donors (Lipinski definition) is 0. The fourth-order valence-corrected chi connectivity index (χ4v) is 3.49. The largest absolute Gasteiger partial charge is 0.443 e. The molecule has 9 heteroatoms. The van der Waals surface area contributed by atoms with Gasteiger partial charge in [0.2, 0.25) is 0 Å². The van der Waals surface area contributed by atoms with Crippen LogP contribution in [0.25, 0.3) is 16.9 Å². The van der Waals surface area contributed by atoms with Crippen LogP contribution in [-0.4, -0.2) is 31.3 Å². The predicted molar refractivity (Wildman–Crippen MR) is 123 cm³/mol. The molecule has 0 aliphatic rings. The van der Waals surface area contributed by atoms with Crippen molar-refractivity contribution in [2.24, 2.45) is 0 Å². The maximum absolute atomic E-state index is 14.6. The van der Waals surface area contributed by atoms with E-state index >= 15 is 0 Å². The summed E-state index contributed by atoms with van der Waals surface area (Å²) in [5.41, 5.74) is 1.27. The maximum Gasteiger partial charge on any atom is 0.416 e. The van der Waals surface area contributed by atoms with Crippen molar-refractivity contribution in [2.75, 3.05) is 4.90 Å². The number of hydrogen-bond acceptors (Lipinski definition) is 5. The van der Waals surface area contributed by atoms with Gasteiger partial charge in [-0.1, -0.05) is 12.1 Å². The van der Waals surface area contributed by atoms with Crippen molar-refractivity contribution in [3.8, 4) is 11.3 Å². The van der Waals surface area contributed by atoms with Gasteiger partial charge in [-0.3, -0.25) is 9.88 Å². The van der Waals surface area contributed by atoms with E-state index in [2.05, 4.69) is 31.0 Å². The summed E-state index contributed by atoms with van der Waals surface area (Å²) in [5, 5.41) is 4.37. The lowest BCUT2D eigenvalue weighted by Crippen LogP contribution is -2.37. The SMILES string of the molecule is CC(C)(C)OC(=O)N(Cc1ccncc1)c1cc(-c2ccccc2F)nc2c(Br)cnn12. The summed E-state index contributed by atoms with van der Waals surface area (Å²) in [5.74, 6) is -0.0195. The first kappa shape index (κ1) is 21.9. The zero-order valence-corrected chi connectivity index (χ0v) is 19.4. The number of aromatic nitrogens is 4. The monoisotopic (exact) mass is 497 g/mol. The average molecular weight is 498 g/mol. The van der Waals surface area contributed by atoms with E-state index in [9.17, 15) is 9.18 Å². The van der Waals surface area contributed by atoms with Crippen molar-refractivity contribution >= 4 is 33.5 Å². The molecule has 164 valence electrons. The van der Waals surface area contributed by atoms with Gasteiger partial charge in [-0.15, -0.1) is 0 Å². The molecular weight excluding hydrogens is 477 g/mol. The molecule has 32 heavy (non-hydrogen) atoms. The second kappa shape index (κ2) is 8.66. The molecule has 1 amide bonds. The molecule has 0 aliphatic carbocycles. The molecule has 4 rings (SSSR count). The second-order valence-corrected chi connectivity index (χ2v) is 8.98. The van der Waals surface area contributed by atoms with Crippen molar-refractivity contribution in [1.82, 2.24) is 19.6 Å². The first-order valence-electron chi connectivity index (χ1n) is 9.91. The molecule has 0 saturated heterocycles. The van der Waals surface area contributed by atoms with Crippen LogP contribution in [0.5, 0.6) is 0 Å². The van der Waals surface area contributed by atoms with Crippen LogP contribution in [-0.2, 0) is 11.3 Å². The number of carbonyl (C=O) groups is 1. The zero-order chi connectivity index (χ0) is 22.9. The molecule has 0 N–H and O–H groups in total. The summed E-state index contributed by atoms with van der Waals surface area (Å²) in [6.07, 6.45) is 4.32. The van der Waals surface area contributed by atoms with Crippen molar-refractivity contribution in [3.05, 3.63) is 76.9 Å². The van der Waals surface area contributed by atoms with Crippen LogP contribution >= 0.6 is 15.9 Å². The van der Waals surface area contributed by atoms with Gasteiger partial charge in [0.05, 0.1) is 22.9 Å². The van der Waals surface area contributed by atoms with E-state index < -0.39 is 17.5 Å². The molecule has 1 aromatic carbocycles. The standard InChI is InChI=1S/C23H21BrFN5O2/c1-23(2,3)32-22(31)29(14-15-8-10-26-11-9-15)20-12-19(16-6-4-5-7-18(16)25)28-21-17(24)13-27-30(20)21/h4-13H,14H2,1-3H3. The maximum atomic E-state index is 14.6. The lowest BCUT2D eigenvalue weighted by Gasteiger charge is -2.28. The van der Waals surface area contributed by atoms with Crippen LogP contribution in [0.2, 0.25) is 0 Å². The van der Waals surface area contributed by atoms with E-state index in [1.807, 2.05) is 12.1 Å². The molecule has 0 aliphatic heterocycles. The number of nitrogens with zero attached hydrogens (tertiary/aromatic N) is 5. The first-order valence-corrected chi connectivity index (χ1v) is 10.7. The number of rotatable bonds is 4. The second-order valence-electron chi connectivity index (χ2n) is 8.13. The number of benzene rings is 1. The highest BCUT2D eigenvalue weighted by atomic mass is 79.9. The number of ether oxygens (including phenoxy) is 1. The lowest BCUT2D eigenvalue weighted by atomic mass is 10.1.